The zero-order valence-corrected chi connectivity index (χ0v) is 10.7. The number of nitrogens with zero attached hydrogens (tertiary/aromatic N) is 1. The number of hydrogen-bond donors (Lipinski definition) is 2. The Morgan fingerprint density at radius 1 is 1.50 bits per heavy atom. The van der Waals surface area contributed by atoms with Gasteiger partial charge in [-0.15, -0.1) is 0 Å². The van der Waals surface area contributed by atoms with Crippen LogP contribution in [0.15, 0.2) is 24.3 Å². The zero-order chi connectivity index (χ0) is 13.1. The fourth-order valence-electron chi connectivity index (χ4n) is 2.55. The summed E-state index contributed by atoms with van der Waals surface area (Å²) in [6.07, 6.45) is 0.601. The molecule has 1 aliphatic rings. The summed E-state index contributed by atoms with van der Waals surface area (Å²) in [5, 5.41) is 9.48. The Morgan fingerprint density at radius 3 is 2.83 bits per heavy atom. The number of benzene rings is 1. The first-order valence-corrected chi connectivity index (χ1v) is 6.48. The van der Waals surface area contributed by atoms with Crippen LogP contribution >= 0.6 is 0 Å². The first-order chi connectivity index (χ1) is 8.58. The molecule has 0 amide bonds. The van der Waals surface area contributed by atoms with Crippen LogP contribution in [0, 0.1) is 11.7 Å². The van der Waals surface area contributed by atoms with Crippen molar-refractivity contribution in [1.82, 2.24) is 4.90 Å². The molecule has 0 radical (unpaired) electrons. The van der Waals surface area contributed by atoms with E-state index in [-0.39, 0.29) is 23.9 Å². The van der Waals surface area contributed by atoms with E-state index in [2.05, 4.69) is 4.90 Å². The fraction of sp³-hybridized carbons (Fsp3) is 0.571. The number of nitrogens with two attached hydrogens (primary N) is 1. The van der Waals surface area contributed by atoms with Crippen LogP contribution in [-0.4, -0.2) is 35.7 Å². The summed E-state index contributed by atoms with van der Waals surface area (Å²) in [6.45, 7) is 4.43. The molecule has 2 rings (SSSR count). The van der Waals surface area contributed by atoms with Gasteiger partial charge >= 0.3 is 0 Å². The molecular formula is C14H21FN2O. The highest BCUT2D eigenvalue weighted by Crippen LogP contribution is 2.23. The Labute approximate surface area is 107 Å². The summed E-state index contributed by atoms with van der Waals surface area (Å²) in [4.78, 5) is 2.19. The standard InChI is InChI=1S/C14H21FN2O/c1-10(8-17-7-6-11(18)9-17)14(16)12-4-2-3-5-13(12)15/h2-5,10-11,14,18H,6-9,16H2,1H3. The van der Waals surface area contributed by atoms with Gasteiger partial charge in [0.1, 0.15) is 5.82 Å². The van der Waals surface area contributed by atoms with E-state index in [1.165, 1.54) is 6.07 Å². The first kappa shape index (κ1) is 13.5. The topological polar surface area (TPSA) is 49.5 Å². The normalized spacial score (nSPS) is 24.1. The van der Waals surface area contributed by atoms with Crippen molar-refractivity contribution in [2.75, 3.05) is 19.6 Å². The van der Waals surface area contributed by atoms with Crippen molar-refractivity contribution in [3.8, 4) is 0 Å². The van der Waals surface area contributed by atoms with Crippen molar-refractivity contribution in [3.05, 3.63) is 35.6 Å². The van der Waals surface area contributed by atoms with Gasteiger partial charge in [-0.05, 0) is 18.4 Å². The number of hydrogen-bond acceptors (Lipinski definition) is 3. The Hall–Kier alpha value is -0.970. The molecule has 1 aromatic carbocycles. The van der Waals surface area contributed by atoms with Gasteiger partial charge in [0.2, 0.25) is 0 Å². The summed E-state index contributed by atoms with van der Waals surface area (Å²) in [5.41, 5.74) is 6.70. The van der Waals surface area contributed by atoms with E-state index in [4.69, 9.17) is 5.73 Å². The Balaban J connectivity index is 1.96. The summed E-state index contributed by atoms with van der Waals surface area (Å²) in [5.74, 6) is -0.0782. The van der Waals surface area contributed by atoms with Gasteiger partial charge in [-0.25, -0.2) is 4.39 Å². The van der Waals surface area contributed by atoms with Gasteiger partial charge in [0.25, 0.3) is 0 Å². The molecule has 0 saturated carbocycles. The highest BCUT2D eigenvalue weighted by atomic mass is 19.1. The molecule has 1 fully saturated rings. The van der Waals surface area contributed by atoms with E-state index < -0.39 is 0 Å². The molecule has 100 valence electrons. The number of aliphatic hydroxyl groups excluding tert-OH is 1. The molecule has 3 atom stereocenters. The monoisotopic (exact) mass is 252 g/mol. The van der Waals surface area contributed by atoms with Crippen molar-refractivity contribution < 1.29 is 9.50 Å². The van der Waals surface area contributed by atoms with Crippen LogP contribution < -0.4 is 5.73 Å². The van der Waals surface area contributed by atoms with Crippen molar-refractivity contribution in [2.24, 2.45) is 11.7 Å². The maximum absolute atomic E-state index is 13.6. The Kier molecular flexibility index (Phi) is 4.32. The lowest BCUT2D eigenvalue weighted by Gasteiger charge is -2.25. The SMILES string of the molecule is CC(CN1CCC(O)C1)C(N)c1ccccc1F. The molecular weight excluding hydrogens is 231 g/mol. The molecule has 1 aromatic rings. The van der Waals surface area contributed by atoms with Crippen molar-refractivity contribution in [3.63, 3.8) is 0 Å². The molecule has 18 heavy (non-hydrogen) atoms. The second kappa shape index (κ2) is 5.78. The molecule has 0 bridgehead atoms. The molecule has 0 spiro atoms. The summed E-state index contributed by atoms with van der Waals surface area (Å²) in [7, 11) is 0. The number of likely N-dealkylation sites (tertiary alicyclic amines) is 1. The molecule has 1 heterocycles. The molecule has 1 saturated heterocycles. The van der Waals surface area contributed by atoms with E-state index in [1.807, 2.05) is 13.0 Å². The number of aliphatic hydroxyl groups is 1. The maximum atomic E-state index is 13.6. The average molecular weight is 252 g/mol. The minimum atomic E-state index is -0.302. The molecule has 3 unspecified atom stereocenters. The smallest absolute Gasteiger partial charge is 0.127 e. The van der Waals surface area contributed by atoms with Crippen LogP contribution in [0.2, 0.25) is 0 Å². The minimum absolute atomic E-state index is 0.159. The van der Waals surface area contributed by atoms with Gasteiger partial charge in [0, 0.05) is 31.2 Å². The zero-order valence-electron chi connectivity index (χ0n) is 10.7. The highest BCUT2D eigenvalue weighted by Gasteiger charge is 2.25. The van der Waals surface area contributed by atoms with Crippen LogP contribution in [0.5, 0.6) is 0 Å². The van der Waals surface area contributed by atoms with E-state index in [9.17, 15) is 9.50 Å². The van der Waals surface area contributed by atoms with Gasteiger partial charge in [0.05, 0.1) is 6.10 Å². The number of rotatable bonds is 4. The third-order valence-corrected chi connectivity index (χ3v) is 3.67. The van der Waals surface area contributed by atoms with E-state index >= 15 is 0 Å². The molecule has 0 aromatic heterocycles. The van der Waals surface area contributed by atoms with Gasteiger partial charge < -0.3 is 15.7 Å². The predicted molar refractivity (Wildman–Crippen MR) is 69.6 cm³/mol. The van der Waals surface area contributed by atoms with Crippen LogP contribution in [0.1, 0.15) is 24.9 Å². The van der Waals surface area contributed by atoms with Crippen molar-refractivity contribution >= 4 is 0 Å². The molecule has 1 aliphatic heterocycles. The lowest BCUT2D eigenvalue weighted by Crippen LogP contribution is -2.33. The van der Waals surface area contributed by atoms with Crippen molar-refractivity contribution in [1.29, 1.82) is 0 Å². The first-order valence-electron chi connectivity index (χ1n) is 6.48. The quantitative estimate of drug-likeness (QED) is 0.854. The lowest BCUT2D eigenvalue weighted by molar-refractivity contribution is 0.168. The third kappa shape index (κ3) is 3.07. The summed E-state index contributed by atoms with van der Waals surface area (Å²) >= 11 is 0. The van der Waals surface area contributed by atoms with Crippen LogP contribution in [-0.2, 0) is 0 Å². The second-order valence-electron chi connectivity index (χ2n) is 5.23. The van der Waals surface area contributed by atoms with Gasteiger partial charge in [-0.2, -0.15) is 0 Å². The van der Waals surface area contributed by atoms with Gasteiger partial charge in [-0.3, -0.25) is 0 Å². The molecule has 3 nitrogen and oxygen atoms in total. The number of β-amino-alcohol motifs (C(OH)–C–C–N with tert-alkyl or cyclic N) is 1. The van der Waals surface area contributed by atoms with Gasteiger partial charge in [0.15, 0.2) is 0 Å². The second-order valence-corrected chi connectivity index (χ2v) is 5.23. The largest absolute Gasteiger partial charge is 0.392 e. The maximum Gasteiger partial charge on any atom is 0.127 e. The molecule has 3 N–H and O–H groups in total. The Bertz CT molecular complexity index is 399. The van der Waals surface area contributed by atoms with Crippen molar-refractivity contribution in [2.45, 2.75) is 25.5 Å². The van der Waals surface area contributed by atoms with E-state index in [0.29, 0.717) is 12.1 Å². The summed E-state index contributed by atoms with van der Waals surface area (Å²) in [6, 6.07) is 6.37. The van der Waals surface area contributed by atoms with Gasteiger partial charge in [-0.1, -0.05) is 25.1 Å². The third-order valence-electron chi connectivity index (χ3n) is 3.67. The minimum Gasteiger partial charge on any atom is -0.392 e. The van der Waals surface area contributed by atoms with Crippen LogP contribution in [0.25, 0.3) is 0 Å². The predicted octanol–water partition coefficient (Wildman–Crippen LogP) is 1.53. The van der Waals surface area contributed by atoms with E-state index in [0.717, 1.165) is 19.5 Å². The fourth-order valence-corrected chi connectivity index (χ4v) is 2.55. The summed E-state index contributed by atoms with van der Waals surface area (Å²) < 4.78 is 13.6. The highest BCUT2D eigenvalue weighted by molar-refractivity contribution is 5.21. The molecule has 4 heteroatoms. The lowest BCUT2D eigenvalue weighted by atomic mass is 9.94. The van der Waals surface area contributed by atoms with Crippen LogP contribution in [0.3, 0.4) is 0 Å². The Morgan fingerprint density at radius 2 is 2.22 bits per heavy atom. The van der Waals surface area contributed by atoms with Crippen LogP contribution in [0.4, 0.5) is 4.39 Å². The average Bonchev–Trinajstić information content (AvgIpc) is 2.74. The van der Waals surface area contributed by atoms with E-state index in [1.54, 1.807) is 12.1 Å². The number of halogens is 1. The molecule has 0 aliphatic carbocycles.